The van der Waals surface area contributed by atoms with Gasteiger partial charge < -0.3 is 9.80 Å². The number of anilines is 2. The van der Waals surface area contributed by atoms with Crippen molar-refractivity contribution in [2.24, 2.45) is 0 Å². The normalized spacial score (nSPS) is 14.7. The number of benzene rings is 3. The Labute approximate surface area is 202 Å². The highest BCUT2D eigenvalue weighted by Crippen LogP contribution is 2.24. The maximum Gasteiger partial charge on any atom is 0.261 e. The summed E-state index contributed by atoms with van der Waals surface area (Å²) >= 11 is 0. The van der Waals surface area contributed by atoms with E-state index in [9.17, 15) is 13.2 Å². The van der Waals surface area contributed by atoms with E-state index in [1.807, 2.05) is 41.3 Å². The molecule has 0 bridgehead atoms. The van der Waals surface area contributed by atoms with E-state index in [-0.39, 0.29) is 16.2 Å². The van der Waals surface area contributed by atoms with Gasteiger partial charge in [0.25, 0.3) is 15.9 Å². The third kappa shape index (κ3) is 5.42. The number of sulfonamides is 1. The number of carbonyl (C=O) groups excluding carboxylic acids is 1. The van der Waals surface area contributed by atoms with E-state index < -0.39 is 10.0 Å². The fourth-order valence-corrected chi connectivity index (χ4v) is 5.10. The number of hydrogen-bond donors (Lipinski definition) is 1. The highest BCUT2D eigenvalue weighted by atomic mass is 32.2. The number of nitrogens with one attached hydrogen (secondary N) is 1. The van der Waals surface area contributed by atoms with E-state index in [0.29, 0.717) is 18.8 Å². The molecule has 7 heteroatoms. The van der Waals surface area contributed by atoms with E-state index in [0.717, 1.165) is 24.3 Å². The van der Waals surface area contributed by atoms with Crippen LogP contribution in [0, 0.1) is 0 Å². The number of piperazine rings is 1. The quantitative estimate of drug-likeness (QED) is 0.576. The van der Waals surface area contributed by atoms with Gasteiger partial charge in [0.1, 0.15) is 0 Å². The summed E-state index contributed by atoms with van der Waals surface area (Å²) in [6, 6.07) is 23.6. The molecule has 0 saturated carbocycles. The van der Waals surface area contributed by atoms with Crippen LogP contribution in [0.4, 0.5) is 11.4 Å². The van der Waals surface area contributed by atoms with Gasteiger partial charge in [0.2, 0.25) is 0 Å². The summed E-state index contributed by atoms with van der Waals surface area (Å²) in [6.45, 7) is 9.21. The molecule has 0 aromatic heterocycles. The second-order valence-corrected chi connectivity index (χ2v) is 11.3. The first-order chi connectivity index (χ1) is 16.1. The predicted molar refractivity (Wildman–Crippen MR) is 137 cm³/mol. The average molecular weight is 478 g/mol. The molecule has 1 heterocycles. The van der Waals surface area contributed by atoms with Gasteiger partial charge in [-0.15, -0.1) is 0 Å². The molecule has 4 rings (SSSR count). The molecule has 0 aliphatic carbocycles. The minimum absolute atomic E-state index is 0.0595. The summed E-state index contributed by atoms with van der Waals surface area (Å²) in [6.07, 6.45) is 0. The van der Waals surface area contributed by atoms with Crippen LogP contribution in [0.15, 0.2) is 83.8 Å². The first kappa shape index (κ1) is 23.8. The van der Waals surface area contributed by atoms with Crippen molar-refractivity contribution in [3.8, 4) is 0 Å². The number of nitrogens with zero attached hydrogens (tertiary/aromatic N) is 2. The Bertz CT molecular complexity index is 1230. The van der Waals surface area contributed by atoms with Gasteiger partial charge in [-0.3, -0.25) is 9.52 Å². The zero-order valence-electron chi connectivity index (χ0n) is 19.9. The van der Waals surface area contributed by atoms with Crippen LogP contribution in [0.3, 0.4) is 0 Å². The highest BCUT2D eigenvalue weighted by molar-refractivity contribution is 7.92. The van der Waals surface area contributed by atoms with Crippen molar-refractivity contribution in [3.05, 3.63) is 90.0 Å². The van der Waals surface area contributed by atoms with E-state index in [2.05, 4.69) is 30.4 Å². The second-order valence-electron chi connectivity index (χ2n) is 9.57. The smallest absolute Gasteiger partial charge is 0.261 e. The standard InChI is InChI=1S/C27H31N3O3S/c1-27(2,3)22-11-9-21(10-12-22)26(31)30-19-17-29(18-20-30)24-15-13-23(14-16-24)28-34(32,33)25-7-5-4-6-8-25/h4-16,28H,17-20H2,1-3H3. The van der Waals surface area contributed by atoms with Crippen LogP contribution >= 0.6 is 0 Å². The van der Waals surface area contributed by atoms with Gasteiger partial charge in [-0.1, -0.05) is 51.1 Å². The zero-order chi connectivity index (χ0) is 24.3. The third-order valence-electron chi connectivity index (χ3n) is 6.10. The predicted octanol–water partition coefficient (Wildman–Crippen LogP) is 4.75. The molecular weight excluding hydrogens is 446 g/mol. The monoisotopic (exact) mass is 477 g/mol. The van der Waals surface area contributed by atoms with Gasteiger partial charge in [-0.2, -0.15) is 0 Å². The van der Waals surface area contributed by atoms with Crippen LogP contribution in [0.5, 0.6) is 0 Å². The fraction of sp³-hybridized carbons (Fsp3) is 0.296. The van der Waals surface area contributed by atoms with Crippen LogP contribution in [0.1, 0.15) is 36.7 Å². The Balaban J connectivity index is 1.35. The summed E-state index contributed by atoms with van der Waals surface area (Å²) in [4.78, 5) is 17.3. The molecule has 0 unspecified atom stereocenters. The lowest BCUT2D eigenvalue weighted by atomic mass is 9.86. The van der Waals surface area contributed by atoms with Gasteiger partial charge in [-0.05, 0) is 59.5 Å². The van der Waals surface area contributed by atoms with Crippen molar-refractivity contribution in [1.82, 2.24) is 4.90 Å². The summed E-state index contributed by atoms with van der Waals surface area (Å²) in [5.74, 6) is 0.0609. The molecule has 178 valence electrons. The van der Waals surface area contributed by atoms with Crippen molar-refractivity contribution in [2.45, 2.75) is 31.1 Å². The number of amides is 1. The first-order valence-electron chi connectivity index (χ1n) is 11.5. The number of hydrogen-bond acceptors (Lipinski definition) is 4. The van der Waals surface area contributed by atoms with Gasteiger partial charge >= 0.3 is 0 Å². The van der Waals surface area contributed by atoms with Gasteiger partial charge in [-0.25, -0.2) is 8.42 Å². The molecule has 3 aromatic rings. The summed E-state index contributed by atoms with van der Waals surface area (Å²) in [5.41, 5.74) is 3.51. The van der Waals surface area contributed by atoms with Crippen LogP contribution in [0.2, 0.25) is 0 Å². The first-order valence-corrected chi connectivity index (χ1v) is 12.9. The van der Waals surface area contributed by atoms with Crippen molar-refractivity contribution < 1.29 is 13.2 Å². The third-order valence-corrected chi connectivity index (χ3v) is 7.50. The molecule has 0 radical (unpaired) electrons. The van der Waals surface area contributed by atoms with E-state index >= 15 is 0 Å². The van der Waals surface area contributed by atoms with Crippen LogP contribution in [0.25, 0.3) is 0 Å². The second kappa shape index (κ2) is 9.50. The van der Waals surface area contributed by atoms with Gasteiger partial charge in [0.05, 0.1) is 4.90 Å². The lowest BCUT2D eigenvalue weighted by Gasteiger charge is -2.36. The Hall–Kier alpha value is -3.32. The SMILES string of the molecule is CC(C)(C)c1ccc(C(=O)N2CCN(c3ccc(NS(=O)(=O)c4ccccc4)cc3)CC2)cc1. The molecular formula is C27H31N3O3S. The number of rotatable bonds is 5. The average Bonchev–Trinajstić information content (AvgIpc) is 2.84. The molecule has 3 aromatic carbocycles. The van der Waals surface area contributed by atoms with Crippen molar-refractivity contribution >= 4 is 27.3 Å². The maximum absolute atomic E-state index is 12.9. The van der Waals surface area contributed by atoms with Crippen molar-refractivity contribution in [1.29, 1.82) is 0 Å². The van der Waals surface area contributed by atoms with Gasteiger partial charge in [0.15, 0.2) is 0 Å². The van der Waals surface area contributed by atoms with E-state index in [1.165, 1.54) is 5.56 Å². The Kier molecular flexibility index (Phi) is 6.66. The molecule has 0 atom stereocenters. The lowest BCUT2D eigenvalue weighted by Crippen LogP contribution is -2.48. The minimum atomic E-state index is -3.61. The molecule has 6 nitrogen and oxygen atoms in total. The van der Waals surface area contributed by atoms with Crippen molar-refractivity contribution in [3.63, 3.8) is 0 Å². The van der Waals surface area contributed by atoms with E-state index in [1.54, 1.807) is 42.5 Å². The lowest BCUT2D eigenvalue weighted by molar-refractivity contribution is 0.0746. The zero-order valence-corrected chi connectivity index (χ0v) is 20.7. The van der Waals surface area contributed by atoms with Crippen molar-refractivity contribution in [2.75, 3.05) is 35.8 Å². The molecule has 1 N–H and O–H groups in total. The molecule has 1 amide bonds. The molecule has 0 spiro atoms. The molecule has 1 saturated heterocycles. The summed E-state index contributed by atoms with van der Waals surface area (Å²) in [7, 11) is -3.61. The minimum Gasteiger partial charge on any atom is -0.368 e. The summed E-state index contributed by atoms with van der Waals surface area (Å²) in [5, 5.41) is 0. The molecule has 34 heavy (non-hydrogen) atoms. The Morgan fingerprint density at radius 2 is 1.38 bits per heavy atom. The summed E-state index contributed by atoms with van der Waals surface area (Å²) < 4.78 is 27.6. The molecule has 1 aliphatic rings. The van der Waals surface area contributed by atoms with Crippen LogP contribution in [-0.2, 0) is 15.4 Å². The van der Waals surface area contributed by atoms with Crippen LogP contribution in [-0.4, -0.2) is 45.4 Å². The Morgan fingerprint density at radius 3 is 1.94 bits per heavy atom. The largest absolute Gasteiger partial charge is 0.368 e. The number of carbonyl (C=O) groups is 1. The van der Waals surface area contributed by atoms with Crippen LogP contribution < -0.4 is 9.62 Å². The topological polar surface area (TPSA) is 69.7 Å². The Morgan fingerprint density at radius 1 is 0.794 bits per heavy atom. The fourth-order valence-electron chi connectivity index (χ4n) is 4.02. The molecule has 1 fully saturated rings. The van der Waals surface area contributed by atoms with Gasteiger partial charge in [0, 0.05) is 43.1 Å². The highest BCUT2D eigenvalue weighted by Gasteiger charge is 2.23. The maximum atomic E-state index is 12.9. The molecule has 1 aliphatic heterocycles. The van der Waals surface area contributed by atoms with E-state index in [4.69, 9.17) is 0 Å².